The van der Waals surface area contributed by atoms with E-state index in [0.717, 1.165) is 62.4 Å². The Kier molecular flexibility index (Phi) is 5.95. The fourth-order valence-electron chi connectivity index (χ4n) is 4.70. The molecule has 0 radical (unpaired) electrons. The molecule has 0 amide bonds. The SMILES string of the molecule is C=C(OC)c1ccc(-c2cn([C@H](CC)c3ccccn3)c3cc(-c4c(C)noc4C)cnc23)cc1. The number of ether oxygens (including phenoxy) is 1. The van der Waals surface area contributed by atoms with E-state index < -0.39 is 0 Å². The molecule has 6 heteroatoms. The highest BCUT2D eigenvalue weighted by atomic mass is 16.5. The van der Waals surface area contributed by atoms with Crippen LogP contribution < -0.4 is 0 Å². The van der Waals surface area contributed by atoms with Crippen molar-refractivity contribution in [1.82, 2.24) is 19.7 Å². The molecule has 0 aliphatic heterocycles. The van der Waals surface area contributed by atoms with E-state index in [2.05, 4.69) is 58.7 Å². The molecule has 0 N–H and O–H groups in total. The molecule has 176 valence electrons. The van der Waals surface area contributed by atoms with E-state index in [1.165, 1.54) is 0 Å². The summed E-state index contributed by atoms with van der Waals surface area (Å²) in [4.78, 5) is 9.61. The van der Waals surface area contributed by atoms with Crippen molar-refractivity contribution in [2.75, 3.05) is 7.11 Å². The van der Waals surface area contributed by atoms with Crippen molar-refractivity contribution in [3.63, 3.8) is 0 Å². The highest BCUT2D eigenvalue weighted by Gasteiger charge is 2.21. The van der Waals surface area contributed by atoms with Crippen molar-refractivity contribution in [3.8, 4) is 22.3 Å². The second kappa shape index (κ2) is 9.22. The molecule has 0 aliphatic carbocycles. The molecule has 0 fully saturated rings. The van der Waals surface area contributed by atoms with Gasteiger partial charge in [0.15, 0.2) is 0 Å². The number of hydrogen-bond donors (Lipinski definition) is 0. The summed E-state index contributed by atoms with van der Waals surface area (Å²) in [6, 6.07) is 16.5. The predicted octanol–water partition coefficient (Wildman–Crippen LogP) is 6.99. The van der Waals surface area contributed by atoms with Crippen LogP contribution in [0.3, 0.4) is 0 Å². The van der Waals surface area contributed by atoms with Gasteiger partial charge in [-0.25, -0.2) is 0 Å². The summed E-state index contributed by atoms with van der Waals surface area (Å²) in [5.74, 6) is 1.43. The smallest absolute Gasteiger partial charge is 0.141 e. The minimum absolute atomic E-state index is 0.0710. The molecule has 5 rings (SSSR count). The summed E-state index contributed by atoms with van der Waals surface area (Å²) in [5, 5.41) is 4.14. The Balaban J connectivity index is 1.72. The Hall–Kier alpha value is -4.19. The molecule has 0 saturated heterocycles. The van der Waals surface area contributed by atoms with Crippen LogP contribution in [0.25, 0.3) is 39.0 Å². The number of aryl methyl sites for hydroxylation is 2. The Morgan fingerprint density at radius 1 is 1.09 bits per heavy atom. The van der Waals surface area contributed by atoms with Gasteiger partial charge in [0, 0.05) is 40.8 Å². The van der Waals surface area contributed by atoms with E-state index in [-0.39, 0.29) is 6.04 Å². The van der Waals surface area contributed by atoms with Crippen LogP contribution in [0.5, 0.6) is 0 Å². The third kappa shape index (κ3) is 4.01. The van der Waals surface area contributed by atoms with Crippen LogP contribution in [-0.4, -0.2) is 26.8 Å². The topological polar surface area (TPSA) is 66.0 Å². The van der Waals surface area contributed by atoms with E-state index in [9.17, 15) is 0 Å². The fraction of sp³-hybridized carbons (Fsp3) is 0.207. The number of aromatic nitrogens is 4. The largest absolute Gasteiger partial charge is 0.497 e. The summed E-state index contributed by atoms with van der Waals surface area (Å²) in [6.07, 6.45) is 6.84. The van der Waals surface area contributed by atoms with Crippen molar-refractivity contribution in [3.05, 3.63) is 96.4 Å². The molecule has 4 aromatic heterocycles. The third-order valence-corrected chi connectivity index (χ3v) is 6.51. The molecular formula is C29H28N4O2. The minimum Gasteiger partial charge on any atom is -0.497 e. The van der Waals surface area contributed by atoms with Gasteiger partial charge in [-0.1, -0.05) is 49.0 Å². The van der Waals surface area contributed by atoms with Crippen LogP contribution in [0.2, 0.25) is 0 Å². The zero-order valence-corrected chi connectivity index (χ0v) is 20.4. The van der Waals surface area contributed by atoms with Crippen molar-refractivity contribution in [2.24, 2.45) is 0 Å². The number of fused-ring (bicyclic) bond motifs is 1. The molecule has 0 saturated carbocycles. The zero-order chi connectivity index (χ0) is 24.5. The van der Waals surface area contributed by atoms with Gasteiger partial charge in [-0.2, -0.15) is 0 Å². The van der Waals surface area contributed by atoms with Crippen LogP contribution in [0, 0.1) is 13.8 Å². The monoisotopic (exact) mass is 464 g/mol. The van der Waals surface area contributed by atoms with Gasteiger partial charge in [-0.05, 0) is 44.0 Å². The maximum atomic E-state index is 5.43. The van der Waals surface area contributed by atoms with Crippen LogP contribution in [-0.2, 0) is 4.74 Å². The molecule has 35 heavy (non-hydrogen) atoms. The second-order valence-electron chi connectivity index (χ2n) is 8.62. The van der Waals surface area contributed by atoms with Crippen molar-refractivity contribution in [1.29, 1.82) is 0 Å². The van der Waals surface area contributed by atoms with Crippen LogP contribution >= 0.6 is 0 Å². The average Bonchev–Trinajstić information content (AvgIpc) is 3.44. The zero-order valence-electron chi connectivity index (χ0n) is 20.4. The first kappa shape index (κ1) is 22.6. The van der Waals surface area contributed by atoms with E-state index in [1.807, 2.05) is 50.5 Å². The lowest BCUT2D eigenvalue weighted by atomic mass is 10.0. The Morgan fingerprint density at radius 3 is 2.51 bits per heavy atom. The van der Waals surface area contributed by atoms with Crippen LogP contribution in [0.4, 0.5) is 0 Å². The highest BCUT2D eigenvalue weighted by Crippen LogP contribution is 2.37. The summed E-state index contributed by atoms with van der Waals surface area (Å²) in [6.45, 7) is 10.0. The van der Waals surface area contributed by atoms with Crippen LogP contribution in [0.15, 0.2) is 78.2 Å². The van der Waals surface area contributed by atoms with Gasteiger partial charge < -0.3 is 13.8 Å². The number of pyridine rings is 2. The lowest BCUT2D eigenvalue weighted by Gasteiger charge is -2.18. The third-order valence-electron chi connectivity index (χ3n) is 6.51. The first-order valence-corrected chi connectivity index (χ1v) is 11.7. The van der Waals surface area contributed by atoms with E-state index in [1.54, 1.807) is 7.11 Å². The van der Waals surface area contributed by atoms with Gasteiger partial charge in [-0.3, -0.25) is 9.97 Å². The van der Waals surface area contributed by atoms with Gasteiger partial charge in [-0.15, -0.1) is 0 Å². The predicted molar refractivity (Wildman–Crippen MR) is 139 cm³/mol. The van der Waals surface area contributed by atoms with E-state index >= 15 is 0 Å². The maximum Gasteiger partial charge on any atom is 0.141 e. The highest BCUT2D eigenvalue weighted by molar-refractivity contribution is 5.95. The molecule has 5 aromatic rings. The first-order valence-electron chi connectivity index (χ1n) is 11.7. The molecular weight excluding hydrogens is 436 g/mol. The standard InChI is InChI=1S/C29H28N4O2/c1-6-26(25-9-7-8-14-30-25)33-17-24(22-12-10-21(11-13-22)19(3)34-5)29-27(33)15-23(16-31-29)28-18(2)32-35-20(28)4/h7-17,26H,3,6H2,1-2,4-5H3/t26-/m1/s1. The molecule has 0 aliphatic rings. The number of nitrogens with zero attached hydrogens (tertiary/aromatic N) is 4. The van der Waals surface area contributed by atoms with Crippen molar-refractivity contribution >= 4 is 16.8 Å². The van der Waals surface area contributed by atoms with Gasteiger partial charge in [0.05, 0.1) is 35.6 Å². The van der Waals surface area contributed by atoms with Gasteiger partial charge in [0.1, 0.15) is 11.5 Å². The van der Waals surface area contributed by atoms with E-state index in [4.69, 9.17) is 14.2 Å². The Labute approximate surface area is 204 Å². The first-order chi connectivity index (χ1) is 17.0. The molecule has 1 atom stereocenters. The molecule has 4 heterocycles. The Bertz CT molecular complexity index is 1480. The summed E-state index contributed by atoms with van der Waals surface area (Å²) in [7, 11) is 1.63. The quantitative estimate of drug-likeness (QED) is 0.243. The van der Waals surface area contributed by atoms with E-state index in [0.29, 0.717) is 5.76 Å². The van der Waals surface area contributed by atoms with Gasteiger partial charge in [0.25, 0.3) is 0 Å². The van der Waals surface area contributed by atoms with Crippen molar-refractivity contribution < 1.29 is 9.26 Å². The molecule has 0 unspecified atom stereocenters. The molecule has 0 spiro atoms. The summed E-state index contributed by atoms with van der Waals surface area (Å²) >= 11 is 0. The summed E-state index contributed by atoms with van der Waals surface area (Å²) in [5.41, 5.74) is 8.93. The summed E-state index contributed by atoms with van der Waals surface area (Å²) < 4.78 is 13.0. The van der Waals surface area contributed by atoms with Gasteiger partial charge >= 0.3 is 0 Å². The molecule has 0 bridgehead atoms. The lowest BCUT2D eigenvalue weighted by Crippen LogP contribution is -2.10. The van der Waals surface area contributed by atoms with Gasteiger partial charge in [0.2, 0.25) is 0 Å². The maximum absolute atomic E-state index is 5.43. The Morgan fingerprint density at radius 2 is 1.89 bits per heavy atom. The average molecular weight is 465 g/mol. The fourth-order valence-corrected chi connectivity index (χ4v) is 4.70. The second-order valence-corrected chi connectivity index (χ2v) is 8.62. The number of hydrogen-bond acceptors (Lipinski definition) is 5. The number of methoxy groups -OCH3 is 1. The number of rotatable bonds is 7. The normalized spacial score (nSPS) is 12.1. The molecule has 1 aromatic carbocycles. The molecule has 6 nitrogen and oxygen atoms in total. The number of benzene rings is 1. The minimum atomic E-state index is 0.0710. The van der Waals surface area contributed by atoms with Crippen molar-refractivity contribution in [2.45, 2.75) is 33.2 Å². The lowest BCUT2D eigenvalue weighted by molar-refractivity contribution is 0.371. The van der Waals surface area contributed by atoms with Crippen LogP contribution in [0.1, 0.15) is 42.1 Å².